The maximum absolute atomic E-state index is 5.79. The van der Waals surface area contributed by atoms with Gasteiger partial charge in [-0.25, -0.2) is 0 Å². The van der Waals surface area contributed by atoms with Crippen molar-refractivity contribution in [3.63, 3.8) is 0 Å². The van der Waals surface area contributed by atoms with Crippen molar-refractivity contribution in [1.29, 1.82) is 0 Å². The topological polar surface area (TPSA) is 38.5 Å². The van der Waals surface area contributed by atoms with Gasteiger partial charge in [-0.3, -0.25) is 4.90 Å². The van der Waals surface area contributed by atoms with Crippen LogP contribution < -0.4 is 10.5 Å². The number of methoxy groups -OCH3 is 1. The van der Waals surface area contributed by atoms with Crippen molar-refractivity contribution < 1.29 is 4.74 Å². The van der Waals surface area contributed by atoms with Gasteiger partial charge in [0.1, 0.15) is 5.75 Å². The van der Waals surface area contributed by atoms with E-state index < -0.39 is 0 Å². The molecule has 3 heteroatoms. The summed E-state index contributed by atoms with van der Waals surface area (Å²) in [6.07, 6.45) is 4.99. The molecule has 112 valence electrons. The number of ether oxygens (including phenoxy) is 1. The zero-order valence-corrected chi connectivity index (χ0v) is 13.1. The third-order valence-corrected chi connectivity index (χ3v) is 4.51. The molecule has 1 aromatic rings. The highest BCUT2D eigenvalue weighted by atomic mass is 16.5. The quantitative estimate of drug-likeness (QED) is 0.897. The summed E-state index contributed by atoms with van der Waals surface area (Å²) in [5.41, 5.74) is 8.38. The van der Waals surface area contributed by atoms with Gasteiger partial charge in [0.2, 0.25) is 0 Å². The number of hydrogen-bond acceptors (Lipinski definition) is 3. The summed E-state index contributed by atoms with van der Waals surface area (Å²) >= 11 is 0. The minimum Gasteiger partial charge on any atom is -0.496 e. The van der Waals surface area contributed by atoms with Crippen LogP contribution >= 0.6 is 0 Å². The first-order valence-electron chi connectivity index (χ1n) is 7.77. The highest BCUT2D eigenvalue weighted by Crippen LogP contribution is 2.34. The first kappa shape index (κ1) is 15.3. The molecule has 0 spiro atoms. The van der Waals surface area contributed by atoms with Gasteiger partial charge in [-0.05, 0) is 52.3 Å². The predicted octanol–water partition coefficient (Wildman–Crippen LogP) is 3.27. The number of aryl methyl sites for hydroxylation is 1. The molecule has 1 aromatic carbocycles. The molecular formula is C17H28N2O. The van der Waals surface area contributed by atoms with Crippen LogP contribution in [-0.2, 0) is 0 Å². The Bertz CT molecular complexity index is 431. The lowest BCUT2D eigenvalue weighted by Gasteiger charge is -2.40. The summed E-state index contributed by atoms with van der Waals surface area (Å²) in [6.45, 7) is 6.39. The van der Waals surface area contributed by atoms with Gasteiger partial charge in [-0.1, -0.05) is 24.1 Å². The van der Waals surface area contributed by atoms with Crippen LogP contribution in [0.1, 0.15) is 49.8 Å². The fraction of sp³-hybridized carbons (Fsp3) is 0.647. The Kier molecular flexibility index (Phi) is 5.44. The van der Waals surface area contributed by atoms with Crippen molar-refractivity contribution in [2.24, 2.45) is 5.73 Å². The highest BCUT2D eigenvalue weighted by Gasteiger charge is 2.28. The van der Waals surface area contributed by atoms with E-state index in [1.54, 1.807) is 7.11 Å². The summed E-state index contributed by atoms with van der Waals surface area (Å²) in [5, 5.41) is 0. The monoisotopic (exact) mass is 276 g/mol. The van der Waals surface area contributed by atoms with E-state index in [1.165, 1.54) is 36.9 Å². The Hall–Kier alpha value is -1.06. The van der Waals surface area contributed by atoms with Gasteiger partial charge in [0.25, 0.3) is 0 Å². The third kappa shape index (κ3) is 3.33. The van der Waals surface area contributed by atoms with Gasteiger partial charge < -0.3 is 10.5 Å². The molecule has 0 radical (unpaired) electrons. The minimum atomic E-state index is 0.390. The average molecular weight is 276 g/mol. The van der Waals surface area contributed by atoms with Crippen molar-refractivity contribution in [3.8, 4) is 5.75 Å². The molecule has 1 aliphatic heterocycles. The van der Waals surface area contributed by atoms with Crippen molar-refractivity contribution in [3.05, 3.63) is 29.3 Å². The number of rotatable bonds is 5. The fourth-order valence-electron chi connectivity index (χ4n) is 3.39. The molecule has 3 nitrogen and oxygen atoms in total. The molecule has 20 heavy (non-hydrogen) atoms. The Morgan fingerprint density at radius 3 is 2.90 bits per heavy atom. The predicted molar refractivity (Wildman–Crippen MR) is 84.2 cm³/mol. The second-order valence-corrected chi connectivity index (χ2v) is 5.89. The summed E-state index contributed by atoms with van der Waals surface area (Å²) in [4.78, 5) is 2.62. The minimum absolute atomic E-state index is 0.390. The van der Waals surface area contributed by atoms with Crippen LogP contribution in [0.2, 0.25) is 0 Å². The molecule has 2 rings (SSSR count). The zero-order chi connectivity index (χ0) is 14.5. The first-order chi connectivity index (χ1) is 9.67. The number of nitrogens with zero attached hydrogens (tertiary/aromatic N) is 1. The molecule has 1 aliphatic rings. The van der Waals surface area contributed by atoms with E-state index in [1.807, 2.05) is 0 Å². The summed E-state index contributed by atoms with van der Waals surface area (Å²) < 4.78 is 5.56. The van der Waals surface area contributed by atoms with Gasteiger partial charge in [-0.2, -0.15) is 0 Å². The smallest absolute Gasteiger partial charge is 0.123 e. The zero-order valence-electron chi connectivity index (χ0n) is 13.1. The average Bonchev–Trinajstić information content (AvgIpc) is 2.47. The molecule has 2 unspecified atom stereocenters. The maximum atomic E-state index is 5.79. The second-order valence-electron chi connectivity index (χ2n) is 5.89. The number of benzene rings is 1. The third-order valence-electron chi connectivity index (χ3n) is 4.51. The number of likely N-dealkylation sites (tertiary alicyclic amines) is 1. The normalized spacial score (nSPS) is 21.7. The van der Waals surface area contributed by atoms with Crippen LogP contribution in [0, 0.1) is 6.92 Å². The lowest BCUT2D eigenvalue weighted by atomic mass is 9.94. The van der Waals surface area contributed by atoms with Crippen LogP contribution in [0.4, 0.5) is 0 Å². The molecule has 0 amide bonds. The lowest BCUT2D eigenvalue weighted by Crippen LogP contribution is -2.42. The molecule has 0 bridgehead atoms. The van der Waals surface area contributed by atoms with Gasteiger partial charge in [0.05, 0.1) is 7.11 Å². The molecule has 1 saturated heterocycles. The fourth-order valence-corrected chi connectivity index (χ4v) is 3.39. The van der Waals surface area contributed by atoms with Crippen LogP contribution in [-0.4, -0.2) is 31.1 Å². The molecule has 1 heterocycles. The molecule has 0 aromatic heterocycles. The van der Waals surface area contributed by atoms with Crippen molar-refractivity contribution in [2.75, 3.05) is 20.2 Å². The Morgan fingerprint density at radius 2 is 2.20 bits per heavy atom. The van der Waals surface area contributed by atoms with E-state index in [-0.39, 0.29) is 0 Å². The van der Waals surface area contributed by atoms with Gasteiger partial charge in [0.15, 0.2) is 0 Å². The lowest BCUT2D eigenvalue weighted by molar-refractivity contribution is 0.0970. The van der Waals surface area contributed by atoms with Crippen LogP contribution in [0.25, 0.3) is 0 Å². The Labute approximate surface area is 123 Å². The van der Waals surface area contributed by atoms with Crippen LogP contribution in [0.5, 0.6) is 5.75 Å². The SMILES string of the molecule is COc1ccc(C)cc1C(C)N1CCCCC1CCN. The van der Waals surface area contributed by atoms with Crippen molar-refractivity contribution in [2.45, 2.75) is 51.6 Å². The van der Waals surface area contributed by atoms with E-state index in [0.29, 0.717) is 12.1 Å². The van der Waals surface area contributed by atoms with Gasteiger partial charge in [-0.15, -0.1) is 0 Å². The first-order valence-corrected chi connectivity index (χ1v) is 7.77. The molecule has 0 aliphatic carbocycles. The summed E-state index contributed by atoms with van der Waals surface area (Å²) in [5.74, 6) is 1.00. The second kappa shape index (κ2) is 7.09. The van der Waals surface area contributed by atoms with E-state index in [4.69, 9.17) is 10.5 Å². The standard InChI is InChI=1S/C17H28N2O/c1-13-7-8-17(20-3)16(12-13)14(2)19-11-5-4-6-15(19)9-10-18/h7-8,12,14-15H,4-6,9-11,18H2,1-3H3. The van der Waals surface area contributed by atoms with E-state index in [9.17, 15) is 0 Å². The summed E-state index contributed by atoms with van der Waals surface area (Å²) in [6, 6.07) is 7.47. The van der Waals surface area contributed by atoms with Gasteiger partial charge in [0, 0.05) is 17.6 Å². The molecule has 0 saturated carbocycles. The number of piperidine rings is 1. The summed E-state index contributed by atoms with van der Waals surface area (Å²) in [7, 11) is 1.76. The van der Waals surface area contributed by atoms with E-state index >= 15 is 0 Å². The van der Waals surface area contributed by atoms with E-state index in [2.05, 4.69) is 36.9 Å². The van der Waals surface area contributed by atoms with Crippen LogP contribution in [0.15, 0.2) is 18.2 Å². The van der Waals surface area contributed by atoms with E-state index in [0.717, 1.165) is 18.7 Å². The van der Waals surface area contributed by atoms with Gasteiger partial charge >= 0.3 is 0 Å². The number of hydrogen-bond donors (Lipinski definition) is 1. The molecular weight excluding hydrogens is 248 g/mol. The van der Waals surface area contributed by atoms with Crippen LogP contribution in [0.3, 0.4) is 0 Å². The highest BCUT2D eigenvalue weighted by molar-refractivity contribution is 5.39. The van der Waals surface area contributed by atoms with Crippen molar-refractivity contribution in [1.82, 2.24) is 4.90 Å². The maximum Gasteiger partial charge on any atom is 0.123 e. The Balaban J connectivity index is 2.24. The molecule has 2 atom stereocenters. The molecule has 1 fully saturated rings. The van der Waals surface area contributed by atoms with Crippen molar-refractivity contribution >= 4 is 0 Å². The largest absolute Gasteiger partial charge is 0.496 e. The number of nitrogens with two attached hydrogens (primary N) is 1. The molecule has 2 N–H and O–H groups in total. The Morgan fingerprint density at radius 1 is 1.40 bits per heavy atom.